The molecular weight excluding hydrogens is 166 g/mol. The van der Waals surface area contributed by atoms with Gasteiger partial charge in [-0.2, -0.15) is 0 Å². The van der Waals surface area contributed by atoms with E-state index in [-0.39, 0.29) is 6.03 Å². The minimum Gasteiger partial charge on any atom is -0.320 e. The molecule has 2 unspecified atom stereocenters. The fraction of sp³-hybridized carbons (Fsp3) is 0.889. The van der Waals surface area contributed by atoms with Crippen molar-refractivity contribution in [3.63, 3.8) is 0 Å². The lowest BCUT2D eigenvalue weighted by molar-refractivity contribution is 0.128. The molecular formula is C9H17N3O. The maximum Gasteiger partial charge on any atom is 0.331 e. The van der Waals surface area contributed by atoms with Gasteiger partial charge in [0.25, 0.3) is 0 Å². The summed E-state index contributed by atoms with van der Waals surface area (Å²) >= 11 is 0. The third-order valence-electron chi connectivity index (χ3n) is 3.38. The van der Waals surface area contributed by atoms with Crippen molar-refractivity contribution in [2.45, 2.75) is 38.1 Å². The second-order valence-electron chi connectivity index (χ2n) is 4.04. The summed E-state index contributed by atoms with van der Waals surface area (Å²) in [6.07, 6.45) is 6.15. The van der Waals surface area contributed by atoms with Gasteiger partial charge in [-0.25, -0.2) is 10.6 Å². The van der Waals surface area contributed by atoms with Gasteiger partial charge in [-0.15, -0.1) is 0 Å². The summed E-state index contributed by atoms with van der Waals surface area (Å²) in [5.41, 5.74) is 2.23. The van der Waals surface area contributed by atoms with Crippen LogP contribution < -0.4 is 11.3 Å². The highest BCUT2D eigenvalue weighted by Crippen LogP contribution is 2.36. The average molecular weight is 183 g/mol. The van der Waals surface area contributed by atoms with E-state index >= 15 is 0 Å². The predicted octanol–water partition coefficient (Wildman–Crippen LogP) is 0.834. The molecule has 0 aromatic rings. The van der Waals surface area contributed by atoms with Crippen LogP contribution in [0.1, 0.15) is 32.1 Å². The average Bonchev–Trinajstić information content (AvgIpc) is 2.63. The summed E-state index contributed by atoms with van der Waals surface area (Å²) in [4.78, 5) is 13.3. The number of fused-ring (bicyclic) bond motifs is 1. The second kappa shape index (κ2) is 3.54. The van der Waals surface area contributed by atoms with E-state index in [1.165, 1.54) is 19.3 Å². The quantitative estimate of drug-likeness (QED) is 0.332. The Bertz CT molecular complexity index is 207. The van der Waals surface area contributed by atoms with Gasteiger partial charge in [0.05, 0.1) is 0 Å². The van der Waals surface area contributed by atoms with Crippen molar-refractivity contribution in [1.29, 1.82) is 0 Å². The first-order chi connectivity index (χ1) is 6.33. The van der Waals surface area contributed by atoms with Crippen molar-refractivity contribution in [3.8, 4) is 0 Å². The molecule has 0 spiro atoms. The van der Waals surface area contributed by atoms with Crippen molar-refractivity contribution >= 4 is 6.03 Å². The number of hydrogen-bond acceptors (Lipinski definition) is 2. The molecule has 74 valence electrons. The highest BCUT2D eigenvalue weighted by Gasteiger charge is 2.36. The summed E-state index contributed by atoms with van der Waals surface area (Å²) in [6, 6.07) is 0.369. The number of urea groups is 1. The van der Waals surface area contributed by atoms with Crippen molar-refractivity contribution in [2.75, 3.05) is 6.54 Å². The first kappa shape index (κ1) is 8.81. The highest BCUT2D eigenvalue weighted by atomic mass is 16.2. The van der Waals surface area contributed by atoms with Crippen LogP contribution in [0, 0.1) is 5.92 Å². The first-order valence-electron chi connectivity index (χ1n) is 5.10. The Morgan fingerprint density at radius 1 is 1.31 bits per heavy atom. The van der Waals surface area contributed by atoms with E-state index in [9.17, 15) is 4.79 Å². The number of carbonyl (C=O) groups is 1. The highest BCUT2D eigenvalue weighted by molar-refractivity contribution is 5.74. The molecule has 4 heteroatoms. The molecule has 13 heavy (non-hydrogen) atoms. The Morgan fingerprint density at radius 3 is 2.85 bits per heavy atom. The number of nitrogens with two attached hydrogens (primary N) is 1. The number of carbonyl (C=O) groups excluding carboxylic acids is 1. The zero-order chi connectivity index (χ0) is 9.26. The smallest absolute Gasteiger partial charge is 0.320 e. The molecule has 0 radical (unpaired) electrons. The fourth-order valence-electron chi connectivity index (χ4n) is 2.79. The molecule has 2 fully saturated rings. The molecule has 1 aliphatic carbocycles. The van der Waals surface area contributed by atoms with Gasteiger partial charge < -0.3 is 4.90 Å². The van der Waals surface area contributed by atoms with E-state index in [0.29, 0.717) is 6.04 Å². The van der Waals surface area contributed by atoms with Gasteiger partial charge in [0.15, 0.2) is 0 Å². The van der Waals surface area contributed by atoms with Crippen LogP contribution in [0.3, 0.4) is 0 Å². The zero-order valence-corrected chi connectivity index (χ0v) is 7.83. The Hall–Kier alpha value is -0.770. The standard InChI is InChI=1S/C9H17N3O/c10-11-9(13)12-6-2-4-7-3-1-5-8(7)12/h7-8H,1-6,10H2,(H,11,13). The molecule has 1 saturated carbocycles. The van der Waals surface area contributed by atoms with Crippen LogP contribution in [-0.2, 0) is 0 Å². The normalized spacial score (nSPS) is 32.8. The largest absolute Gasteiger partial charge is 0.331 e. The van der Waals surface area contributed by atoms with E-state index < -0.39 is 0 Å². The summed E-state index contributed by atoms with van der Waals surface area (Å²) in [6.45, 7) is 0.879. The van der Waals surface area contributed by atoms with Crippen LogP contribution in [0.5, 0.6) is 0 Å². The molecule has 2 rings (SSSR count). The topological polar surface area (TPSA) is 58.4 Å². The fourth-order valence-corrected chi connectivity index (χ4v) is 2.79. The van der Waals surface area contributed by atoms with Gasteiger partial charge in [0.1, 0.15) is 0 Å². The third kappa shape index (κ3) is 1.50. The van der Waals surface area contributed by atoms with Gasteiger partial charge in [0, 0.05) is 12.6 Å². The van der Waals surface area contributed by atoms with Crippen LogP contribution in [0.2, 0.25) is 0 Å². The van der Waals surface area contributed by atoms with E-state index in [0.717, 1.165) is 25.3 Å². The van der Waals surface area contributed by atoms with Crippen LogP contribution in [0.4, 0.5) is 4.79 Å². The number of rotatable bonds is 0. The van der Waals surface area contributed by atoms with Gasteiger partial charge in [0.2, 0.25) is 0 Å². The van der Waals surface area contributed by atoms with Crippen molar-refractivity contribution in [2.24, 2.45) is 11.8 Å². The lowest BCUT2D eigenvalue weighted by Crippen LogP contribution is -2.52. The summed E-state index contributed by atoms with van der Waals surface area (Å²) in [5, 5.41) is 0. The number of nitrogens with one attached hydrogen (secondary N) is 1. The third-order valence-corrected chi connectivity index (χ3v) is 3.38. The number of likely N-dealkylation sites (tertiary alicyclic amines) is 1. The SMILES string of the molecule is NNC(=O)N1CCCC2CCCC21. The van der Waals surface area contributed by atoms with E-state index in [1.54, 1.807) is 0 Å². The van der Waals surface area contributed by atoms with Crippen LogP contribution in [0.15, 0.2) is 0 Å². The van der Waals surface area contributed by atoms with Gasteiger partial charge in [-0.1, -0.05) is 6.42 Å². The molecule has 0 aromatic heterocycles. The van der Waals surface area contributed by atoms with E-state index in [1.807, 2.05) is 4.90 Å². The van der Waals surface area contributed by atoms with Crippen molar-refractivity contribution in [1.82, 2.24) is 10.3 Å². The van der Waals surface area contributed by atoms with E-state index in [2.05, 4.69) is 5.43 Å². The minimum absolute atomic E-state index is 0.100. The molecule has 1 heterocycles. The predicted molar refractivity (Wildman–Crippen MR) is 49.8 cm³/mol. The Labute approximate surface area is 78.4 Å². The maximum absolute atomic E-state index is 11.4. The number of hydrogen-bond donors (Lipinski definition) is 2. The first-order valence-corrected chi connectivity index (χ1v) is 5.10. The molecule has 1 aliphatic heterocycles. The molecule has 2 amide bonds. The number of hydrazine groups is 1. The van der Waals surface area contributed by atoms with Gasteiger partial charge >= 0.3 is 6.03 Å². The summed E-state index contributed by atoms with van der Waals surface area (Å²) in [5.74, 6) is 5.89. The summed E-state index contributed by atoms with van der Waals surface area (Å²) in [7, 11) is 0. The molecule has 2 aliphatic rings. The number of piperidine rings is 1. The molecule has 4 nitrogen and oxygen atoms in total. The van der Waals surface area contributed by atoms with Gasteiger partial charge in [-0.05, 0) is 31.6 Å². The van der Waals surface area contributed by atoms with Crippen molar-refractivity contribution < 1.29 is 4.79 Å². The van der Waals surface area contributed by atoms with E-state index in [4.69, 9.17) is 5.84 Å². The Kier molecular flexibility index (Phi) is 2.40. The molecule has 3 N–H and O–H groups in total. The number of nitrogens with zero attached hydrogens (tertiary/aromatic N) is 1. The van der Waals surface area contributed by atoms with Crippen LogP contribution in [0.25, 0.3) is 0 Å². The molecule has 0 aromatic carbocycles. The Balaban J connectivity index is 2.05. The van der Waals surface area contributed by atoms with Crippen LogP contribution in [-0.4, -0.2) is 23.5 Å². The lowest BCUT2D eigenvalue weighted by atomic mass is 9.92. The lowest BCUT2D eigenvalue weighted by Gasteiger charge is -2.37. The molecule has 1 saturated heterocycles. The monoisotopic (exact) mass is 183 g/mol. The minimum atomic E-state index is -0.100. The second-order valence-corrected chi connectivity index (χ2v) is 4.04. The summed E-state index contributed by atoms with van der Waals surface area (Å²) < 4.78 is 0. The van der Waals surface area contributed by atoms with Crippen molar-refractivity contribution in [3.05, 3.63) is 0 Å². The maximum atomic E-state index is 11.4. The zero-order valence-electron chi connectivity index (χ0n) is 7.83. The van der Waals surface area contributed by atoms with Gasteiger partial charge in [-0.3, -0.25) is 5.43 Å². The molecule has 0 bridgehead atoms. The Morgan fingerprint density at radius 2 is 2.08 bits per heavy atom. The number of amides is 2. The van der Waals surface area contributed by atoms with Crippen LogP contribution >= 0.6 is 0 Å². The molecule has 2 atom stereocenters.